The monoisotopic (exact) mass is 300 g/mol. The van der Waals surface area contributed by atoms with E-state index in [1.165, 1.54) is 5.56 Å². The molecule has 0 spiro atoms. The minimum Gasteiger partial charge on any atom is -0.507 e. The van der Waals surface area contributed by atoms with Gasteiger partial charge in [-0.15, -0.1) is 0 Å². The first kappa shape index (κ1) is 18.5. The number of rotatable bonds is 1. The smallest absolute Gasteiger partial charge is 0.123 e. The molecule has 0 heterocycles. The van der Waals surface area contributed by atoms with Gasteiger partial charge in [0.15, 0.2) is 0 Å². The molecule has 1 heteroatoms. The van der Waals surface area contributed by atoms with E-state index >= 15 is 0 Å². The van der Waals surface area contributed by atoms with E-state index in [1.807, 2.05) is 0 Å². The quantitative estimate of drug-likeness (QED) is 0.669. The molecule has 0 fully saturated rings. The normalized spacial score (nSPS) is 14.0. The minimum absolute atomic E-state index is 0.0186. The summed E-state index contributed by atoms with van der Waals surface area (Å²) in [7, 11) is 0. The number of hydrogen-bond acceptors (Lipinski definition) is 1. The van der Waals surface area contributed by atoms with Gasteiger partial charge in [0.25, 0.3) is 0 Å². The third kappa shape index (κ3) is 5.05. The lowest BCUT2D eigenvalue weighted by molar-refractivity contribution is 0.422. The lowest BCUT2D eigenvalue weighted by Crippen LogP contribution is -2.17. The van der Waals surface area contributed by atoms with Crippen LogP contribution >= 0.6 is 0 Å². The molecule has 122 valence electrons. The highest BCUT2D eigenvalue weighted by atomic mass is 16.3. The third-order valence-corrected chi connectivity index (χ3v) is 3.85. The van der Waals surface area contributed by atoms with Crippen molar-refractivity contribution in [3.63, 3.8) is 0 Å². The summed E-state index contributed by atoms with van der Waals surface area (Å²) < 4.78 is 0. The van der Waals surface area contributed by atoms with E-state index < -0.39 is 0 Å². The summed E-state index contributed by atoms with van der Waals surface area (Å²) in [6, 6.07) is 4.29. The zero-order valence-electron chi connectivity index (χ0n) is 15.3. The number of allylic oxidation sites excluding steroid dienone is 4. The standard InChI is InChI=1S/C16H26O.C5H6/c1-8-11-9-12(15(2,3)4)14(17)13(10-11)16(5,6)7;1-2-4-5-3-1/h9-10,17H,8H2,1-7H3;1-4H,5H2. The fourth-order valence-corrected chi connectivity index (χ4v) is 2.43. The van der Waals surface area contributed by atoms with Gasteiger partial charge in [0.05, 0.1) is 0 Å². The van der Waals surface area contributed by atoms with Crippen molar-refractivity contribution in [1.82, 2.24) is 0 Å². The molecule has 1 aliphatic carbocycles. The van der Waals surface area contributed by atoms with Crippen molar-refractivity contribution >= 4 is 0 Å². The van der Waals surface area contributed by atoms with Crippen LogP contribution < -0.4 is 0 Å². The predicted octanol–water partition coefficient (Wildman–Crippen LogP) is 6.05. The molecule has 1 nitrogen and oxygen atoms in total. The molecule has 0 unspecified atom stereocenters. The zero-order valence-corrected chi connectivity index (χ0v) is 15.3. The highest BCUT2D eigenvalue weighted by molar-refractivity contribution is 5.49. The molecular weight excluding hydrogens is 268 g/mol. The summed E-state index contributed by atoms with van der Waals surface area (Å²) in [6.45, 7) is 15.0. The van der Waals surface area contributed by atoms with Gasteiger partial charge in [-0.2, -0.15) is 0 Å². The van der Waals surface area contributed by atoms with Crippen LogP contribution in [0.2, 0.25) is 0 Å². The summed E-state index contributed by atoms with van der Waals surface area (Å²) in [5.74, 6) is 0.474. The lowest BCUT2D eigenvalue weighted by atomic mass is 9.78. The van der Waals surface area contributed by atoms with Crippen LogP contribution in [0.3, 0.4) is 0 Å². The highest BCUT2D eigenvalue weighted by Gasteiger charge is 2.26. The van der Waals surface area contributed by atoms with Crippen LogP contribution in [-0.4, -0.2) is 5.11 Å². The van der Waals surface area contributed by atoms with Gasteiger partial charge in [-0.05, 0) is 40.4 Å². The van der Waals surface area contributed by atoms with E-state index in [-0.39, 0.29) is 10.8 Å². The molecule has 1 aliphatic rings. The molecule has 0 bridgehead atoms. The summed E-state index contributed by atoms with van der Waals surface area (Å²) >= 11 is 0. The number of phenolic OH excluding ortho intramolecular Hbond substituents is 1. The summed E-state index contributed by atoms with van der Waals surface area (Å²) in [5.41, 5.74) is 3.38. The van der Waals surface area contributed by atoms with Gasteiger partial charge in [-0.25, -0.2) is 0 Å². The summed E-state index contributed by atoms with van der Waals surface area (Å²) in [5, 5.41) is 10.5. The van der Waals surface area contributed by atoms with Crippen LogP contribution in [-0.2, 0) is 17.3 Å². The molecule has 0 aliphatic heterocycles. The molecule has 1 aromatic carbocycles. The lowest BCUT2D eigenvalue weighted by Gasteiger charge is -2.28. The second-order valence-corrected chi connectivity index (χ2v) is 7.99. The second-order valence-electron chi connectivity index (χ2n) is 7.99. The molecule has 2 rings (SSSR count). The van der Waals surface area contributed by atoms with Crippen LogP contribution in [0.1, 0.15) is 71.6 Å². The van der Waals surface area contributed by atoms with Gasteiger partial charge in [0, 0.05) is 0 Å². The number of phenols is 1. The average Bonchev–Trinajstić information content (AvgIpc) is 2.95. The Balaban J connectivity index is 0.000000406. The van der Waals surface area contributed by atoms with E-state index in [0.717, 1.165) is 24.0 Å². The molecule has 1 N–H and O–H groups in total. The van der Waals surface area contributed by atoms with Gasteiger partial charge in [-0.1, -0.05) is 84.9 Å². The first-order valence-corrected chi connectivity index (χ1v) is 8.26. The predicted molar refractivity (Wildman–Crippen MR) is 97.8 cm³/mol. The maximum absolute atomic E-state index is 10.5. The summed E-state index contributed by atoms with van der Waals surface area (Å²) in [4.78, 5) is 0. The topological polar surface area (TPSA) is 20.2 Å². The van der Waals surface area contributed by atoms with Crippen LogP contribution in [0.5, 0.6) is 5.75 Å². The van der Waals surface area contributed by atoms with Crippen molar-refractivity contribution in [3.8, 4) is 5.75 Å². The Morgan fingerprint density at radius 1 is 0.864 bits per heavy atom. The maximum Gasteiger partial charge on any atom is 0.123 e. The van der Waals surface area contributed by atoms with Crippen LogP contribution in [0.4, 0.5) is 0 Å². The molecule has 0 amide bonds. The second kappa shape index (κ2) is 7.17. The van der Waals surface area contributed by atoms with Crippen molar-refractivity contribution in [2.24, 2.45) is 0 Å². The van der Waals surface area contributed by atoms with Crippen molar-refractivity contribution in [3.05, 3.63) is 53.1 Å². The Morgan fingerprint density at radius 3 is 1.50 bits per heavy atom. The van der Waals surface area contributed by atoms with Crippen molar-refractivity contribution in [1.29, 1.82) is 0 Å². The molecule has 0 saturated heterocycles. The minimum atomic E-state index is -0.0186. The number of hydrogen-bond donors (Lipinski definition) is 1. The average molecular weight is 300 g/mol. The molecule has 0 aromatic heterocycles. The first-order valence-electron chi connectivity index (χ1n) is 8.26. The molecule has 22 heavy (non-hydrogen) atoms. The molecule has 0 saturated carbocycles. The van der Waals surface area contributed by atoms with E-state index in [1.54, 1.807) is 0 Å². The fourth-order valence-electron chi connectivity index (χ4n) is 2.43. The Hall–Kier alpha value is -1.50. The Bertz CT molecular complexity index is 503. The molecule has 0 atom stereocenters. The maximum atomic E-state index is 10.5. The Labute approximate surface area is 136 Å². The van der Waals surface area contributed by atoms with Gasteiger partial charge in [0.1, 0.15) is 5.75 Å². The zero-order chi connectivity index (χ0) is 17.0. The van der Waals surface area contributed by atoms with Gasteiger partial charge >= 0.3 is 0 Å². The SMILES string of the molecule is C1=CCC=C1.CCc1cc(C(C)(C)C)c(O)c(C(C)(C)C)c1. The largest absolute Gasteiger partial charge is 0.507 e. The van der Waals surface area contributed by atoms with Crippen LogP contribution in [0.15, 0.2) is 36.4 Å². The molecular formula is C21H32O. The van der Waals surface area contributed by atoms with Crippen molar-refractivity contribution in [2.75, 3.05) is 0 Å². The van der Waals surface area contributed by atoms with E-state index in [2.05, 4.69) is 84.9 Å². The van der Waals surface area contributed by atoms with Gasteiger partial charge in [0.2, 0.25) is 0 Å². The first-order chi connectivity index (χ1) is 10.1. The third-order valence-electron chi connectivity index (χ3n) is 3.85. The Morgan fingerprint density at radius 2 is 1.27 bits per heavy atom. The summed E-state index contributed by atoms with van der Waals surface area (Å²) in [6.07, 6.45) is 10.5. The van der Waals surface area contributed by atoms with E-state index in [0.29, 0.717) is 5.75 Å². The van der Waals surface area contributed by atoms with E-state index in [9.17, 15) is 5.11 Å². The van der Waals surface area contributed by atoms with Crippen molar-refractivity contribution < 1.29 is 5.11 Å². The van der Waals surface area contributed by atoms with Crippen molar-refractivity contribution in [2.45, 2.75) is 72.1 Å². The number of benzene rings is 1. The number of aryl methyl sites for hydroxylation is 1. The number of aromatic hydroxyl groups is 1. The highest BCUT2D eigenvalue weighted by Crippen LogP contribution is 2.39. The fraction of sp³-hybridized carbons (Fsp3) is 0.524. The van der Waals surface area contributed by atoms with Gasteiger partial charge < -0.3 is 5.11 Å². The van der Waals surface area contributed by atoms with Crippen LogP contribution in [0, 0.1) is 0 Å². The van der Waals surface area contributed by atoms with Crippen LogP contribution in [0.25, 0.3) is 0 Å². The molecule has 1 aromatic rings. The Kier molecular flexibility index (Phi) is 6.05. The van der Waals surface area contributed by atoms with Gasteiger partial charge in [-0.3, -0.25) is 0 Å². The van der Waals surface area contributed by atoms with E-state index in [4.69, 9.17) is 0 Å². The molecule has 0 radical (unpaired) electrons.